The Morgan fingerprint density at radius 1 is 1.21 bits per heavy atom. The van der Waals surface area contributed by atoms with Gasteiger partial charge in [0.15, 0.2) is 0 Å². The summed E-state index contributed by atoms with van der Waals surface area (Å²) in [5, 5.41) is 0. The minimum atomic E-state index is -4.28. The van der Waals surface area contributed by atoms with Gasteiger partial charge in [-0.15, -0.1) is 0 Å². The van der Waals surface area contributed by atoms with E-state index in [1.165, 1.54) is 12.1 Å². The van der Waals surface area contributed by atoms with Crippen LogP contribution >= 0.6 is 0 Å². The van der Waals surface area contributed by atoms with Gasteiger partial charge in [-0.1, -0.05) is 36.9 Å². The van der Waals surface area contributed by atoms with Crippen molar-refractivity contribution in [2.45, 2.75) is 6.18 Å². The van der Waals surface area contributed by atoms with Gasteiger partial charge >= 0.3 is 6.18 Å². The maximum Gasteiger partial charge on any atom is 0.416 e. The molecule has 0 bridgehead atoms. The molecule has 3 heteroatoms. The molecule has 0 heterocycles. The van der Waals surface area contributed by atoms with Crippen LogP contribution in [0.2, 0.25) is 0 Å². The van der Waals surface area contributed by atoms with Crippen molar-refractivity contribution >= 4 is 6.08 Å². The van der Waals surface area contributed by atoms with E-state index in [1.54, 1.807) is 18.2 Å². The number of alkyl halides is 3. The van der Waals surface area contributed by atoms with Gasteiger partial charge in [-0.05, 0) is 17.7 Å². The predicted molar refractivity (Wildman–Crippen MR) is 50.7 cm³/mol. The lowest BCUT2D eigenvalue weighted by Gasteiger charge is -2.06. The minimum Gasteiger partial charge on any atom is -0.166 e. The molecule has 1 aromatic carbocycles. The Bertz CT molecular complexity index is 348. The van der Waals surface area contributed by atoms with E-state index in [9.17, 15) is 13.2 Å². The maximum absolute atomic E-state index is 12.2. The Kier molecular flexibility index (Phi) is 3.12. The van der Waals surface area contributed by atoms with E-state index < -0.39 is 11.7 Å². The van der Waals surface area contributed by atoms with Crippen molar-refractivity contribution in [1.29, 1.82) is 0 Å². The SMILES string of the molecule is C=C/C=C/c1cccc(C(F)(F)F)c1. The van der Waals surface area contributed by atoms with Crippen LogP contribution in [0.5, 0.6) is 0 Å². The van der Waals surface area contributed by atoms with Crippen molar-refractivity contribution in [1.82, 2.24) is 0 Å². The number of benzene rings is 1. The summed E-state index contributed by atoms with van der Waals surface area (Å²) in [6.45, 7) is 3.44. The van der Waals surface area contributed by atoms with E-state index in [2.05, 4.69) is 6.58 Å². The molecule has 0 nitrogen and oxygen atoms in total. The topological polar surface area (TPSA) is 0 Å². The molecule has 1 rings (SSSR count). The van der Waals surface area contributed by atoms with Crippen molar-refractivity contribution in [3.8, 4) is 0 Å². The summed E-state index contributed by atoms with van der Waals surface area (Å²) in [6.07, 6.45) is 0.399. The quantitative estimate of drug-likeness (QED) is 0.632. The molecule has 0 aliphatic carbocycles. The Labute approximate surface area is 80.4 Å². The molecule has 74 valence electrons. The Hall–Kier alpha value is -1.51. The van der Waals surface area contributed by atoms with Crippen LogP contribution in [0.25, 0.3) is 6.08 Å². The molecule has 0 aromatic heterocycles. The van der Waals surface area contributed by atoms with Gasteiger partial charge in [0, 0.05) is 0 Å². The van der Waals surface area contributed by atoms with Crippen LogP contribution in [0, 0.1) is 0 Å². The third-order valence-electron chi connectivity index (χ3n) is 1.64. The molecule has 0 spiro atoms. The highest BCUT2D eigenvalue weighted by atomic mass is 19.4. The van der Waals surface area contributed by atoms with Crippen LogP contribution in [-0.4, -0.2) is 0 Å². The first-order valence-corrected chi connectivity index (χ1v) is 4.00. The summed E-state index contributed by atoms with van der Waals surface area (Å²) in [6, 6.07) is 5.13. The standard InChI is InChI=1S/C11H9F3/c1-2-3-5-9-6-4-7-10(8-9)11(12,13)14/h2-8H,1H2/b5-3+. The molecule has 0 aliphatic rings. The second-order valence-electron chi connectivity index (χ2n) is 2.72. The van der Waals surface area contributed by atoms with Gasteiger partial charge in [-0.2, -0.15) is 13.2 Å². The van der Waals surface area contributed by atoms with Crippen LogP contribution in [-0.2, 0) is 6.18 Å². The lowest BCUT2D eigenvalue weighted by molar-refractivity contribution is -0.137. The highest BCUT2D eigenvalue weighted by Crippen LogP contribution is 2.29. The van der Waals surface area contributed by atoms with Gasteiger partial charge in [0.05, 0.1) is 5.56 Å². The molecule has 1 aromatic rings. The number of halogens is 3. The molecular formula is C11H9F3. The summed E-state index contributed by atoms with van der Waals surface area (Å²) in [7, 11) is 0. The summed E-state index contributed by atoms with van der Waals surface area (Å²) >= 11 is 0. The third kappa shape index (κ3) is 2.76. The van der Waals surface area contributed by atoms with Crippen LogP contribution in [0.3, 0.4) is 0 Å². The summed E-state index contributed by atoms with van der Waals surface area (Å²) in [5.74, 6) is 0. The lowest BCUT2D eigenvalue weighted by Crippen LogP contribution is -2.04. The number of hydrogen-bond acceptors (Lipinski definition) is 0. The van der Waals surface area contributed by atoms with E-state index in [0.717, 1.165) is 12.1 Å². The van der Waals surface area contributed by atoms with E-state index >= 15 is 0 Å². The van der Waals surface area contributed by atoms with Gasteiger partial charge < -0.3 is 0 Å². The van der Waals surface area contributed by atoms with Crippen molar-refractivity contribution in [3.63, 3.8) is 0 Å². The zero-order chi connectivity index (χ0) is 10.6. The highest BCUT2D eigenvalue weighted by molar-refractivity contribution is 5.52. The van der Waals surface area contributed by atoms with Gasteiger partial charge in [0.2, 0.25) is 0 Å². The van der Waals surface area contributed by atoms with Gasteiger partial charge in [0.1, 0.15) is 0 Å². The molecular weight excluding hydrogens is 189 g/mol. The molecule has 0 N–H and O–H groups in total. The smallest absolute Gasteiger partial charge is 0.166 e. The largest absolute Gasteiger partial charge is 0.416 e. The molecule has 0 radical (unpaired) electrons. The van der Waals surface area contributed by atoms with Crippen LogP contribution < -0.4 is 0 Å². The second-order valence-corrected chi connectivity index (χ2v) is 2.72. The van der Waals surface area contributed by atoms with Gasteiger partial charge in [-0.3, -0.25) is 0 Å². The van der Waals surface area contributed by atoms with Crippen LogP contribution in [0.4, 0.5) is 13.2 Å². The van der Waals surface area contributed by atoms with E-state index in [0.29, 0.717) is 5.56 Å². The summed E-state index contributed by atoms with van der Waals surface area (Å²) in [4.78, 5) is 0. The Morgan fingerprint density at radius 3 is 2.50 bits per heavy atom. The summed E-state index contributed by atoms with van der Waals surface area (Å²) < 4.78 is 36.7. The Morgan fingerprint density at radius 2 is 1.93 bits per heavy atom. The van der Waals surface area contributed by atoms with E-state index in [-0.39, 0.29) is 0 Å². The van der Waals surface area contributed by atoms with Crippen molar-refractivity contribution in [3.05, 3.63) is 54.1 Å². The molecule has 0 atom stereocenters. The maximum atomic E-state index is 12.2. The van der Waals surface area contributed by atoms with E-state index in [1.807, 2.05) is 0 Å². The first kappa shape index (κ1) is 10.6. The number of allylic oxidation sites excluding steroid dienone is 2. The fourth-order valence-corrected chi connectivity index (χ4v) is 0.998. The molecule has 14 heavy (non-hydrogen) atoms. The monoisotopic (exact) mass is 198 g/mol. The average molecular weight is 198 g/mol. The van der Waals surface area contributed by atoms with Crippen LogP contribution in [0.1, 0.15) is 11.1 Å². The average Bonchev–Trinajstić information content (AvgIpc) is 2.14. The van der Waals surface area contributed by atoms with Crippen molar-refractivity contribution in [2.24, 2.45) is 0 Å². The first-order valence-electron chi connectivity index (χ1n) is 4.00. The zero-order valence-electron chi connectivity index (χ0n) is 7.38. The first-order chi connectivity index (χ1) is 6.54. The number of hydrogen-bond donors (Lipinski definition) is 0. The van der Waals surface area contributed by atoms with Gasteiger partial charge in [-0.25, -0.2) is 0 Å². The summed E-state index contributed by atoms with van der Waals surface area (Å²) in [5.41, 5.74) is -0.122. The van der Waals surface area contributed by atoms with Crippen LogP contribution in [0.15, 0.2) is 43.0 Å². The molecule has 0 amide bonds. The predicted octanol–water partition coefficient (Wildman–Crippen LogP) is 3.90. The Balaban J connectivity index is 3.01. The second kappa shape index (κ2) is 4.13. The van der Waals surface area contributed by atoms with Crippen molar-refractivity contribution in [2.75, 3.05) is 0 Å². The van der Waals surface area contributed by atoms with E-state index in [4.69, 9.17) is 0 Å². The third-order valence-corrected chi connectivity index (χ3v) is 1.64. The fourth-order valence-electron chi connectivity index (χ4n) is 0.998. The molecule has 0 saturated heterocycles. The highest BCUT2D eigenvalue weighted by Gasteiger charge is 2.30. The fraction of sp³-hybridized carbons (Fsp3) is 0.0909. The molecule has 0 aliphatic heterocycles. The van der Waals surface area contributed by atoms with Crippen molar-refractivity contribution < 1.29 is 13.2 Å². The lowest BCUT2D eigenvalue weighted by atomic mass is 10.1. The van der Waals surface area contributed by atoms with Gasteiger partial charge in [0.25, 0.3) is 0 Å². The zero-order valence-corrected chi connectivity index (χ0v) is 7.38. The molecule has 0 unspecified atom stereocenters. The number of rotatable bonds is 2. The molecule has 0 fully saturated rings. The molecule has 0 saturated carbocycles. The normalized spacial score (nSPS) is 11.9. The minimum absolute atomic E-state index is 0.514.